The number of hydrogen-bond acceptors (Lipinski definition) is 7. The summed E-state index contributed by atoms with van der Waals surface area (Å²) < 4.78 is 5.26. The van der Waals surface area contributed by atoms with Crippen molar-refractivity contribution < 1.29 is 9.66 Å². The van der Waals surface area contributed by atoms with Crippen molar-refractivity contribution in [3.63, 3.8) is 0 Å². The summed E-state index contributed by atoms with van der Waals surface area (Å²) in [7, 11) is 3.76. The Labute approximate surface area is 98.5 Å². The second-order valence-electron chi connectivity index (χ2n) is 3.57. The van der Waals surface area contributed by atoms with E-state index in [2.05, 4.69) is 10.4 Å². The summed E-state index contributed by atoms with van der Waals surface area (Å²) in [5.74, 6) is 5.46. The predicted molar refractivity (Wildman–Crippen MR) is 62.8 cm³/mol. The third-order valence-corrected chi connectivity index (χ3v) is 1.96. The van der Waals surface area contributed by atoms with Gasteiger partial charge in [0.1, 0.15) is 12.4 Å². The van der Waals surface area contributed by atoms with Crippen LogP contribution in [0, 0.1) is 10.1 Å². The molecule has 8 nitrogen and oxygen atoms in total. The van der Waals surface area contributed by atoms with Crippen LogP contribution in [0.15, 0.2) is 12.1 Å². The molecule has 94 valence electrons. The lowest BCUT2D eigenvalue weighted by Gasteiger charge is -2.11. The summed E-state index contributed by atoms with van der Waals surface area (Å²) >= 11 is 0. The van der Waals surface area contributed by atoms with Crippen molar-refractivity contribution in [2.45, 2.75) is 0 Å². The highest BCUT2D eigenvalue weighted by Crippen LogP contribution is 2.25. The molecule has 0 aromatic carbocycles. The molecule has 17 heavy (non-hydrogen) atoms. The van der Waals surface area contributed by atoms with Gasteiger partial charge in [0, 0.05) is 12.6 Å². The van der Waals surface area contributed by atoms with E-state index in [0.717, 1.165) is 0 Å². The number of hydrazine groups is 1. The number of likely N-dealkylation sites (N-methyl/N-ethyl adjacent to an activating group) is 1. The fourth-order valence-electron chi connectivity index (χ4n) is 1.08. The molecule has 1 aromatic rings. The third-order valence-electron chi connectivity index (χ3n) is 1.96. The summed E-state index contributed by atoms with van der Waals surface area (Å²) in [4.78, 5) is 16.0. The minimum Gasteiger partial charge on any atom is -0.471 e. The molecule has 1 heterocycles. The van der Waals surface area contributed by atoms with Gasteiger partial charge >= 0.3 is 5.69 Å². The highest BCUT2D eigenvalue weighted by atomic mass is 16.6. The van der Waals surface area contributed by atoms with Gasteiger partial charge < -0.3 is 15.1 Å². The van der Waals surface area contributed by atoms with Crippen molar-refractivity contribution in [3.05, 3.63) is 22.2 Å². The van der Waals surface area contributed by atoms with Gasteiger partial charge in [0.25, 0.3) is 5.88 Å². The maximum atomic E-state index is 10.7. The van der Waals surface area contributed by atoms with Gasteiger partial charge in [0.2, 0.25) is 0 Å². The van der Waals surface area contributed by atoms with Gasteiger partial charge in [-0.25, -0.2) is 5.84 Å². The number of pyridine rings is 1. The molecule has 0 fully saturated rings. The largest absolute Gasteiger partial charge is 0.471 e. The van der Waals surface area contributed by atoms with Crippen LogP contribution in [0.3, 0.4) is 0 Å². The highest BCUT2D eigenvalue weighted by molar-refractivity contribution is 5.48. The maximum absolute atomic E-state index is 10.7. The Morgan fingerprint density at radius 3 is 2.82 bits per heavy atom. The molecular formula is C9H15N5O3. The van der Waals surface area contributed by atoms with Crippen LogP contribution >= 0.6 is 0 Å². The Balaban J connectivity index is 2.82. The quantitative estimate of drug-likeness (QED) is 0.416. The average Bonchev–Trinajstić information content (AvgIpc) is 2.28. The number of ether oxygens (including phenoxy) is 1. The minimum atomic E-state index is -0.543. The lowest BCUT2D eigenvalue weighted by molar-refractivity contribution is -0.386. The smallest absolute Gasteiger partial charge is 0.331 e. The minimum absolute atomic E-state index is 0.0349. The molecule has 0 amide bonds. The summed E-state index contributed by atoms with van der Waals surface area (Å²) in [6.07, 6.45) is 0. The number of anilines is 1. The van der Waals surface area contributed by atoms with E-state index in [9.17, 15) is 10.1 Å². The van der Waals surface area contributed by atoms with Gasteiger partial charge in [0.05, 0.1) is 4.92 Å². The Morgan fingerprint density at radius 1 is 1.59 bits per heavy atom. The molecule has 0 aliphatic rings. The fraction of sp³-hybridized carbons (Fsp3) is 0.444. The van der Waals surface area contributed by atoms with Crippen molar-refractivity contribution in [3.8, 4) is 5.88 Å². The predicted octanol–water partition coefficient (Wildman–Crippen LogP) is 0.216. The zero-order chi connectivity index (χ0) is 12.8. The van der Waals surface area contributed by atoms with Crippen LogP contribution in [0.25, 0.3) is 0 Å². The Hall–Kier alpha value is -1.93. The molecular weight excluding hydrogens is 226 g/mol. The number of nitrogens with one attached hydrogen (secondary N) is 1. The normalized spacial score (nSPS) is 10.4. The van der Waals surface area contributed by atoms with Gasteiger partial charge in [-0.1, -0.05) is 0 Å². The fourth-order valence-corrected chi connectivity index (χ4v) is 1.08. The van der Waals surface area contributed by atoms with Crippen molar-refractivity contribution in [2.24, 2.45) is 5.84 Å². The number of nitrogens with zero attached hydrogens (tertiary/aromatic N) is 3. The first-order valence-corrected chi connectivity index (χ1v) is 4.94. The van der Waals surface area contributed by atoms with Crippen LogP contribution in [0.5, 0.6) is 5.88 Å². The molecule has 0 atom stereocenters. The van der Waals surface area contributed by atoms with Crippen molar-refractivity contribution in [2.75, 3.05) is 32.7 Å². The number of nitro groups is 1. The van der Waals surface area contributed by atoms with Crippen molar-refractivity contribution in [1.82, 2.24) is 9.88 Å². The molecule has 0 aliphatic heterocycles. The SMILES string of the molecule is CN(C)CCOc1nc(NN)ccc1[N+](=O)[O-]. The number of hydrogen-bond donors (Lipinski definition) is 2. The van der Waals surface area contributed by atoms with Crippen LogP contribution in [-0.4, -0.2) is 42.1 Å². The van der Waals surface area contributed by atoms with Crippen molar-refractivity contribution in [1.29, 1.82) is 0 Å². The lowest BCUT2D eigenvalue weighted by Crippen LogP contribution is -2.20. The standard InChI is InChI=1S/C9H15N5O3/c1-13(2)5-6-17-9-7(14(15)16)3-4-8(11-9)12-10/h3-4H,5-6,10H2,1-2H3,(H,11,12). The van der Waals surface area contributed by atoms with Gasteiger partial charge in [-0.05, 0) is 20.2 Å². The van der Waals surface area contributed by atoms with E-state index < -0.39 is 4.92 Å². The average molecular weight is 241 g/mol. The monoisotopic (exact) mass is 241 g/mol. The Morgan fingerprint density at radius 2 is 2.29 bits per heavy atom. The summed E-state index contributed by atoms with van der Waals surface area (Å²) in [6.45, 7) is 0.952. The second-order valence-corrected chi connectivity index (χ2v) is 3.57. The Kier molecular flexibility index (Phi) is 4.61. The lowest BCUT2D eigenvalue weighted by atomic mass is 10.4. The molecule has 0 unspecified atom stereocenters. The van der Waals surface area contributed by atoms with E-state index in [4.69, 9.17) is 10.6 Å². The van der Waals surface area contributed by atoms with E-state index in [1.807, 2.05) is 19.0 Å². The molecule has 0 saturated carbocycles. The number of nitrogens with two attached hydrogens (primary N) is 1. The van der Waals surface area contributed by atoms with Gasteiger partial charge in [-0.3, -0.25) is 10.1 Å². The zero-order valence-corrected chi connectivity index (χ0v) is 9.71. The third kappa shape index (κ3) is 3.85. The summed E-state index contributed by atoms with van der Waals surface area (Å²) in [5.41, 5.74) is 2.13. The summed E-state index contributed by atoms with van der Waals surface area (Å²) in [5, 5.41) is 10.7. The second kappa shape index (κ2) is 5.97. The van der Waals surface area contributed by atoms with Crippen LogP contribution in [-0.2, 0) is 0 Å². The highest BCUT2D eigenvalue weighted by Gasteiger charge is 2.17. The molecule has 0 aliphatic carbocycles. The van der Waals surface area contributed by atoms with Crippen molar-refractivity contribution >= 4 is 11.5 Å². The molecule has 8 heteroatoms. The van der Waals surface area contributed by atoms with Crippen LogP contribution < -0.4 is 16.0 Å². The first kappa shape index (κ1) is 13.1. The molecule has 1 aromatic heterocycles. The molecule has 0 spiro atoms. The first-order chi connectivity index (χ1) is 8.04. The molecule has 0 saturated heterocycles. The van der Waals surface area contributed by atoms with E-state index in [1.165, 1.54) is 12.1 Å². The first-order valence-electron chi connectivity index (χ1n) is 4.94. The van der Waals surface area contributed by atoms with Crippen LogP contribution in [0.1, 0.15) is 0 Å². The van der Waals surface area contributed by atoms with E-state index in [0.29, 0.717) is 19.0 Å². The summed E-state index contributed by atoms with van der Waals surface area (Å²) in [6, 6.07) is 2.71. The van der Waals surface area contributed by atoms with E-state index >= 15 is 0 Å². The van der Waals surface area contributed by atoms with E-state index in [-0.39, 0.29) is 11.6 Å². The molecule has 1 rings (SSSR count). The number of nitrogen functional groups attached to an aromatic ring is 1. The molecule has 0 radical (unpaired) electrons. The molecule has 3 N–H and O–H groups in total. The Bertz CT molecular complexity index is 396. The van der Waals surface area contributed by atoms with Crippen LogP contribution in [0.2, 0.25) is 0 Å². The number of rotatable bonds is 6. The topological polar surface area (TPSA) is 107 Å². The van der Waals surface area contributed by atoms with Gasteiger partial charge in [-0.15, -0.1) is 0 Å². The van der Waals surface area contributed by atoms with E-state index in [1.54, 1.807) is 0 Å². The van der Waals surface area contributed by atoms with Crippen LogP contribution in [0.4, 0.5) is 11.5 Å². The van der Waals surface area contributed by atoms with Gasteiger partial charge in [0.15, 0.2) is 0 Å². The zero-order valence-electron chi connectivity index (χ0n) is 9.71. The number of aromatic nitrogens is 1. The maximum Gasteiger partial charge on any atom is 0.331 e. The molecule has 0 bridgehead atoms. The van der Waals surface area contributed by atoms with Gasteiger partial charge in [-0.2, -0.15) is 4.98 Å².